The molecular weight excluding hydrogens is 296 g/mol. The van der Waals surface area contributed by atoms with Crippen LogP contribution in [0.2, 0.25) is 0 Å². The van der Waals surface area contributed by atoms with Crippen LogP contribution < -0.4 is 9.86 Å². The van der Waals surface area contributed by atoms with Gasteiger partial charge in [-0.15, -0.1) is 11.3 Å². The molecule has 0 radical (unpaired) electrons. The van der Waals surface area contributed by atoms with E-state index >= 15 is 0 Å². The van der Waals surface area contributed by atoms with E-state index in [2.05, 4.69) is 4.72 Å². The Hall–Kier alpha value is -0.480. The number of hydrogen-bond donors (Lipinski definition) is 2. The molecule has 104 valence electrons. The van der Waals surface area contributed by atoms with Crippen molar-refractivity contribution in [3.05, 3.63) is 17.0 Å². The van der Waals surface area contributed by atoms with Crippen molar-refractivity contribution >= 4 is 31.4 Å². The van der Waals surface area contributed by atoms with Gasteiger partial charge in [-0.2, -0.15) is 0 Å². The summed E-state index contributed by atoms with van der Waals surface area (Å²) in [6, 6.07) is 2.90. The van der Waals surface area contributed by atoms with Gasteiger partial charge in [0.2, 0.25) is 20.0 Å². The minimum Gasteiger partial charge on any atom is -0.224 e. The summed E-state index contributed by atoms with van der Waals surface area (Å²) in [6.07, 6.45) is 0. The highest BCUT2D eigenvalue weighted by Gasteiger charge is 2.28. The third kappa shape index (κ3) is 3.75. The van der Waals surface area contributed by atoms with Crippen LogP contribution >= 0.6 is 11.3 Å². The lowest BCUT2D eigenvalue weighted by atomic mass is 10.3. The molecule has 9 heteroatoms. The SMILES string of the molecule is CC(C)(C)S(=O)(=O)NCc1ccc(S(N)(=O)=O)s1. The first-order valence-electron chi connectivity index (χ1n) is 5.04. The van der Waals surface area contributed by atoms with Crippen LogP contribution in [0.1, 0.15) is 25.6 Å². The Kier molecular flexibility index (Phi) is 4.23. The Morgan fingerprint density at radius 3 is 2.17 bits per heavy atom. The normalized spacial score (nSPS) is 13.8. The lowest BCUT2D eigenvalue weighted by Crippen LogP contribution is -2.38. The largest absolute Gasteiger partial charge is 0.247 e. The van der Waals surface area contributed by atoms with Crippen molar-refractivity contribution in [3.8, 4) is 0 Å². The summed E-state index contributed by atoms with van der Waals surface area (Å²) in [5.41, 5.74) is 0. The number of primary sulfonamides is 1. The maximum atomic E-state index is 11.8. The van der Waals surface area contributed by atoms with Gasteiger partial charge >= 0.3 is 0 Å². The van der Waals surface area contributed by atoms with E-state index in [-0.39, 0.29) is 10.8 Å². The van der Waals surface area contributed by atoms with Crippen molar-refractivity contribution in [2.75, 3.05) is 0 Å². The molecule has 0 unspecified atom stereocenters. The zero-order chi connectivity index (χ0) is 14.2. The molecule has 0 fully saturated rings. The summed E-state index contributed by atoms with van der Waals surface area (Å²) in [5, 5.41) is 4.97. The maximum absolute atomic E-state index is 11.8. The van der Waals surface area contributed by atoms with E-state index in [1.165, 1.54) is 12.1 Å². The van der Waals surface area contributed by atoms with Gasteiger partial charge in [0, 0.05) is 11.4 Å². The molecule has 1 aromatic heterocycles. The van der Waals surface area contributed by atoms with Crippen molar-refractivity contribution in [1.29, 1.82) is 0 Å². The molecule has 0 spiro atoms. The summed E-state index contributed by atoms with van der Waals surface area (Å²) in [5.74, 6) is 0. The Balaban J connectivity index is 2.81. The highest BCUT2D eigenvalue weighted by Crippen LogP contribution is 2.21. The number of rotatable bonds is 4. The predicted molar refractivity (Wildman–Crippen MR) is 71.2 cm³/mol. The minimum atomic E-state index is -3.72. The topological polar surface area (TPSA) is 106 Å². The zero-order valence-corrected chi connectivity index (χ0v) is 12.7. The van der Waals surface area contributed by atoms with Gasteiger partial charge in [-0.05, 0) is 32.9 Å². The molecule has 0 amide bonds. The fourth-order valence-electron chi connectivity index (χ4n) is 0.989. The second kappa shape index (κ2) is 4.89. The van der Waals surface area contributed by atoms with E-state index in [9.17, 15) is 16.8 Å². The quantitative estimate of drug-likeness (QED) is 0.849. The van der Waals surface area contributed by atoms with E-state index in [0.717, 1.165) is 11.3 Å². The molecule has 0 aliphatic heterocycles. The van der Waals surface area contributed by atoms with Crippen molar-refractivity contribution in [3.63, 3.8) is 0 Å². The van der Waals surface area contributed by atoms with Gasteiger partial charge in [0.1, 0.15) is 4.21 Å². The first-order chi connectivity index (χ1) is 7.93. The first kappa shape index (κ1) is 15.6. The predicted octanol–water partition coefficient (Wildman–Crippen LogP) is 0.613. The first-order valence-corrected chi connectivity index (χ1v) is 8.89. The second-order valence-corrected chi connectivity index (χ2v) is 10.2. The van der Waals surface area contributed by atoms with Crippen LogP contribution in [0.3, 0.4) is 0 Å². The Morgan fingerprint density at radius 2 is 1.78 bits per heavy atom. The van der Waals surface area contributed by atoms with Crippen LogP contribution in [0.5, 0.6) is 0 Å². The van der Waals surface area contributed by atoms with Gasteiger partial charge in [-0.1, -0.05) is 0 Å². The lowest BCUT2D eigenvalue weighted by molar-refractivity contribution is 0.545. The maximum Gasteiger partial charge on any atom is 0.247 e. The number of thiophene rings is 1. The van der Waals surface area contributed by atoms with Crippen LogP contribution in [0.4, 0.5) is 0 Å². The van der Waals surface area contributed by atoms with Crippen molar-refractivity contribution in [2.24, 2.45) is 5.14 Å². The minimum absolute atomic E-state index is 0.0208. The van der Waals surface area contributed by atoms with E-state index in [1.807, 2.05) is 0 Å². The van der Waals surface area contributed by atoms with Crippen molar-refractivity contribution in [1.82, 2.24) is 4.72 Å². The number of nitrogens with one attached hydrogen (secondary N) is 1. The molecule has 3 N–H and O–H groups in total. The van der Waals surface area contributed by atoms with Gasteiger partial charge < -0.3 is 0 Å². The molecule has 18 heavy (non-hydrogen) atoms. The lowest BCUT2D eigenvalue weighted by Gasteiger charge is -2.19. The molecule has 0 aromatic carbocycles. The highest BCUT2D eigenvalue weighted by atomic mass is 32.2. The van der Waals surface area contributed by atoms with Crippen molar-refractivity contribution in [2.45, 2.75) is 36.3 Å². The molecular formula is C9H16N2O4S3. The summed E-state index contributed by atoms with van der Waals surface area (Å²) < 4.78 is 47.2. The third-order valence-corrected chi connectivity index (χ3v) is 6.82. The smallest absolute Gasteiger partial charge is 0.224 e. The van der Waals surface area contributed by atoms with Gasteiger partial charge in [0.15, 0.2) is 0 Å². The molecule has 0 saturated carbocycles. The number of hydrogen-bond acceptors (Lipinski definition) is 5. The fourth-order valence-corrected chi connectivity index (χ4v) is 3.58. The van der Waals surface area contributed by atoms with E-state index in [4.69, 9.17) is 5.14 Å². The third-order valence-electron chi connectivity index (χ3n) is 2.16. The number of sulfonamides is 2. The van der Waals surface area contributed by atoms with Crippen LogP contribution in [0, 0.1) is 0 Å². The molecule has 0 aliphatic carbocycles. The molecule has 1 rings (SSSR count). The van der Waals surface area contributed by atoms with Crippen molar-refractivity contribution < 1.29 is 16.8 Å². The monoisotopic (exact) mass is 312 g/mol. The molecule has 0 bridgehead atoms. The highest BCUT2D eigenvalue weighted by molar-refractivity contribution is 7.91. The molecule has 0 aliphatic rings. The van der Waals surface area contributed by atoms with E-state index in [0.29, 0.717) is 4.88 Å². The standard InChI is InChI=1S/C9H16N2O4S3/c1-9(2,3)18(14,15)11-6-7-4-5-8(16-7)17(10,12)13/h4-5,11H,6H2,1-3H3,(H2,10,12,13). The van der Waals surface area contributed by atoms with Crippen LogP contribution in [0.25, 0.3) is 0 Å². The Labute approximate surface area is 111 Å². The van der Waals surface area contributed by atoms with E-state index < -0.39 is 24.8 Å². The van der Waals surface area contributed by atoms with E-state index in [1.54, 1.807) is 20.8 Å². The van der Waals surface area contributed by atoms with Crippen LogP contribution in [-0.2, 0) is 26.6 Å². The average Bonchev–Trinajstić information content (AvgIpc) is 2.60. The molecule has 0 saturated heterocycles. The molecule has 1 aromatic rings. The van der Waals surface area contributed by atoms with Gasteiger partial charge in [-0.25, -0.2) is 26.7 Å². The summed E-state index contributed by atoms with van der Waals surface area (Å²) in [4.78, 5) is 0.590. The second-order valence-electron chi connectivity index (χ2n) is 4.70. The van der Waals surface area contributed by atoms with Gasteiger partial charge in [0.05, 0.1) is 4.75 Å². The van der Waals surface area contributed by atoms with Crippen LogP contribution in [0.15, 0.2) is 16.3 Å². The number of nitrogens with two attached hydrogens (primary N) is 1. The van der Waals surface area contributed by atoms with Gasteiger partial charge in [0.25, 0.3) is 0 Å². The zero-order valence-electron chi connectivity index (χ0n) is 10.3. The summed E-state index contributed by atoms with van der Waals surface area (Å²) >= 11 is 0.951. The summed E-state index contributed by atoms with van der Waals surface area (Å²) in [7, 11) is -7.17. The Morgan fingerprint density at radius 1 is 1.22 bits per heavy atom. The molecule has 1 heterocycles. The van der Waals surface area contributed by atoms with Gasteiger partial charge in [-0.3, -0.25) is 0 Å². The molecule has 0 atom stereocenters. The van der Waals surface area contributed by atoms with Crippen LogP contribution in [-0.4, -0.2) is 21.6 Å². The summed E-state index contributed by atoms with van der Waals surface area (Å²) in [6.45, 7) is 4.80. The Bertz CT molecular complexity index is 623. The average molecular weight is 312 g/mol. The fraction of sp³-hybridized carbons (Fsp3) is 0.556. The molecule has 6 nitrogen and oxygen atoms in total.